The topological polar surface area (TPSA) is 17.1 Å². The number of aryl methyl sites for hydroxylation is 2. The number of rotatable bonds is 3. The van der Waals surface area contributed by atoms with Crippen LogP contribution in [-0.4, -0.2) is 23.6 Å². The van der Waals surface area contributed by atoms with Gasteiger partial charge in [-0.2, -0.15) is 26.3 Å². The van der Waals surface area contributed by atoms with E-state index in [1.807, 2.05) is 0 Å². The van der Waals surface area contributed by atoms with E-state index in [0.717, 1.165) is 22.7 Å². The van der Waals surface area contributed by atoms with Crippen molar-refractivity contribution < 1.29 is 31.1 Å². The molecule has 2 heterocycles. The second-order valence-electron chi connectivity index (χ2n) is 8.30. The smallest absolute Gasteiger partial charge is 0.295 e. The zero-order valence-corrected chi connectivity index (χ0v) is 19.7. The molecular formula is C25H16F6OS2. The first kappa shape index (κ1) is 23.1. The lowest BCUT2D eigenvalue weighted by Gasteiger charge is -2.26. The Kier molecular flexibility index (Phi) is 4.88. The van der Waals surface area contributed by atoms with Gasteiger partial charge in [-0.3, -0.25) is 4.79 Å². The first-order valence-corrected chi connectivity index (χ1v) is 11.9. The molecule has 0 atom stereocenters. The third kappa shape index (κ3) is 2.83. The molecule has 176 valence electrons. The van der Waals surface area contributed by atoms with E-state index >= 15 is 17.6 Å². The molecule has 0 saturated heterocycles. The standard InChI is InChI=1S/C25H16F6OS2/c1-11(32)14-8-9-16-18(10-14)34-13(3)20(16)22-21(23(26,27)25(30,31)24(22,28)29)19-12(2)33-17-7-5-4-6-15(17)19/h4-10H,1-3H3. The van der Waals surface area contributed by atoms with Crippen LogP contribution in [0.4, 0.5) is 26.3 Å². The molecule has 2 aromatic carbocycles. The van der Waals surface area contributed by atoms with E-state index in [1.165, 1.54) is 45.0 Å². The number of fused-ring (bicyclic) bond motifs is 2. The van der Waals surface area contributed by atoms with Gasteiger partial charge in [0.1, 0.15) is 0 Å². The first-order chi connectivity index (χ1) is 15.8. The van der Waals surface area contributed by atoms with Gasteiger partial charge in [-0.05, 0) is 32.9 Å². The molecule has 4 aromatic rings. The van der Waals surface area contributed by atoms with Crippen LogP contribution in [0.15, 0.2) is 42.5 Å². The summed E-state index contributed by atoms with van der Waals surface area (Å²) in [5.41, 5.74) is -2.99. The van der Waals surface area contributed by atoms with Gasteiger partial charge >= 0.3 is 17.8 Å². The van der Waals surface area contributed by atoms with Gasteiger partial charge in [0.25, 0.3) is 0 Å². The van der Waals surface area contributed by atoms with Crippen molar-refractivity contribution in [3.63, 3.8) is 0 Å². The lowest BCUT2D eigenvalue weighted by molar-refractivity contribution is -0.254. The van der Waals surface area contributed by atoms with E-state index in [1.54, 1.807) is 18.2 Å². The zero-order valence-electron chi connectivity index (χ0n) is 18.0. The van der Waals surface area contributed by atoms with Crippen molar-refractivity contribution in [2.45, 2.75) is 38.5 Å². The highest BCUT2D eigenvalue weighted by molar-refractivity contribution is 7.19. The van der Waals surface area contributed by atoms with Gasteiger partial charge in [0, 0.05) is 57.8 Å². The summed E-state index contributed by atoms with van der Waals surface area (Å²) in [5.74, 6) is -16.1. The van der Waals surface area contributed by atoms with E-state index in [0.29, 0.717) is 15.0 Å². The Bertz CT molecular complexity index is 1540. The number of allylic oxidation sites excluding steroid dienone is 2. The number of hydrogen-bond donors (Lipinski definition) is 0. The normalized spacial score (nSPS) is 18.9. The quantitative estimate of drug-likeness (QED) is 0.199. The fourth-order valence-corrected chi connectivity index (χ4v) is 6.80. The van der Waals surface area contributed by atoms with Gasteiger partial charge in [0.05, 0.1) is 0 Å². The molecule has 0 aliphatic heterocycles. The minimum atomic E-state index is -5.62. The molecule has 1 aliphatic rings. The lowest BCUT2D eigenvalue weighted by atomic mass is 9.91. The van der Waals surface area contributed by atoms with Crippen LogP contribution in [0.3, 0.4) is 0 Å². The van der Waals surface area contributed by atoms with Crippen LogP contribution in [0.5, 0.6) is 0 Å². The zero-order chi connectivity index (χ0) is 24.8. The maximum atomic E-state index is 15.4. The van der Waals surface area contributed by atoms with Crippen molar-refractivity contribution in [1.29, 1.82) is 0 Å². The Balaban J connectivity index is 1.96. The molecule has 0 spiro atoms. The van der Waals surface area contributed by atoms with Crippen LogP contribution in [0.25, 0.3) is 31.3 Å². The van der Waals surface area contributed by atoms with Crippen LogP contribution >= 0.6 is 22.7 Å². The minimum absolute atomic E-state index is 0.130. The van der Waals surface area contributed by atoms with Crippen molar-refractivity contribution in [2.75, 3.05) is 0 Å². The third-order valence-electron chi connectivity index (χ3n) is 6.21. The van der Waals surface area contributed by atoms with Gasteiger partial charge in [-0.15, -0.1) is 22.7 Å². The highest BCUT2D eigenvalue weighted by Gasteiger charge is 2.80. The number of benzene rings is 2. The average Bonchev–Trinajstić information content (AvgIpc) is 3.28. The lowest BCUT2D eigenvalue weighted by Crippen LogP contribution is -2.48. The molecule has 2 aromatic heterocycles. The summed E-state index contributed by atoms with van der Waals surface area (Å²) in [4.78, 5) is 12.2. The molecule has 0 radical (unpaired) electrons. The molecule has 0 unspecified atom stereocenters. The van der Waals surface area contributed by atoms with Crippen molar-refractivity contribution >= 4 is 59.8 Å². The van der Waals surface area contributed by atoms with E-state index in [2.05, 4.69) is 0 Å². The summed E-state index contributed by atoms with van der Waals surface area (Å²) in [6, 6.07) is 10.5. The second-order valence-corrected chi connectivity index (χ2v) is 10.8. The third-order valence-corrected chi connectivity index (χ3v) is 8.36. The summed E-state index contributed by atoms with van der Waals surface area (Å²) in [6.07, 6.45) is 0. The number of alkyl halides is 6. The Morgan fingerprint density at radius 1 is 0.735 bits per heavy atom. The van der Waals surface area contributed by atoms with Crippen LogP contribution in [0, 0.1) is 13.8 Å². The molecule has 1 nitrogen and oxygen atoms in total. The van der Waals surface area contributed by atoms with Crippen LogP contribution in [-0.2, 0) is 0 Å². The molecule has 5 rings (SSSR count). The molecular weight excluding hydrogens is 494 g/mol. The van der Waals surface area contributed by atoms with E-state index in [-0.39, 0.29) is 37.4 Å². The maximum Gasteiger partial charge on any atom is 0.380 e. The minimum Gasteiger partial charge on any atom is -0.295 e. The molecule has 0 bridgehead atoms. The van der Waals surface area contributed by atoms with E-state index in [4.69, 9.17) is 0 Å². The number of halogens is 6. The summed E-state index contributed by atoms with van der Waals surface area (Å²) >= 11 is 2.09. The van der Waals surface area contributed by atoms with Crippen LogP contribution in [0.1, 0.15) is 38.2 Å². The fraction of sp³-hybridized carbons (Fsp3) is 0.240. The van der Waals surface area contributed by atoms with Crippen LogP contribution in [0.2, 0.25) is 0 Å². The summed E-state index contributed by atoms with van der Waals surface area (Å²) in [5, 5.41) is 0.354. The number of carbonyl (C=O) groups is 1. The van der Waals surface area contributed by atoms with E-state index < -0.39 is 28.9 Å². The monoisotopic (exact) mass is 510 g/mol. The molecule has 0 fully saturated rings. The number of carbonyl (C=O) groups excluding carboxylic acids is 1. The van der Waals surface area contributed by atoms with Gasteiger partial charge in [-0.25, -0.2) is 0 Å². The van der Waals surface area contributed by atoms with Gasteiger partial charge in [-0.1, -0.05) is 30.3 Å². The Morgan fingerprint density at radius 2 is 1.24 bits per heavy atom. The Labute approximate surface area is 198 Å². The molecule has 9 heteroatoms. The molecule has 0 N–H and O–H groups in total. The van der Waals surface area contributed by atoms with Gasteiger partial charge in [0.15, 0.2) is 5.78 Å². The number of Topliss-reactive ketones (excluding diaryl/α,β-unsaturated/α-hetero) is 1. The Morgan fingerprint density at radius 3 is 1.79 bits per heavy atom. The SMILES string of the molecule is CC(=O)c1ccc2c(C3=C(c4c(C)sc5ccccc45)C(F)(F)C(F)(F)C3(F)F)c(C)sc2c1. The molecule has 0 amide bonds. The molecule has 1 aliphatic carbocycles. The van der Waals surface area contributed by atoms with Gasteiger partial charge in [0.2, 0.25) is 0 Å². The predicted octanol–water partition coefficient (Wildman–Crippen LogP) is 8.77. The van der Waals surface area contributed by atoms with E-state index in [9.17, 15) is 13.6 Å². The van der Waals surface area contributed by atoms with Gasteiger partial charge < -0.3 is 0 Å². The molecule has 0 saturated carbocycles. The highest BCUT2D eigenvalue weighted by atomic mass is 32.1. The maximum absolute atomic E-state index is 15.4. The highest BCUT2D eigenvalue weighted by Crippen LogP contribution is 2.66. The fourth-order valence-electron chi connectivity index (χ4n) is 4.62. The summed E-state index contributed by atoms with van der Waals surface area (Å²) in [7, 11) is 0. The summed E-state index contributed by atoms with van der Waals surface area (Å²) < 4.78 is 92.1. The average molecular weight is 511 g/mol. The van der Waals surface area contributed by atoms with Crippen molar-refractivity contribution in [1.82, 2.24) is 0 Å². The van der Waals surface area contributed by atoms with Crippen LogP contribution < -0.4 is 0 Å². The number of ketones is 1. The molecule has 34 heavy (non-hydrogen) atoms. The second kappa shape index (κ2) is 7.18. The summed E-state index contributed by atoms with van der Waals surface area (Å²) in [6.45, 7) is 4.23. The van der Waals surface area contributed by atoms with Crippen molar-refractivity contribution in [3.8, 4) is 0 Å². The van der Waals surface area contributed by atoms with Crippen molar-refractivity contribution in [3.05, 3.63) is 68.9 Å². The largest absolute Gasteiger partial charge is 0.380 e. The Hall–Kier alpha value is -2.65. The number of thiophene rings is 2. The predicted molar refractivity (Wildman–Crippen MR) is 125 cm³/mol. The number of hydrogen-bond acceptors (Lipinski definition) is 3. The first-order valence-electron chi connectivity index (χ1n) is 10.2. The van der Waals surface area contributed by atoms with Crippen molar-refractivity contribution in [2.24, 2.45) is 0 Å².